The first-order valence-electron chi connectivity index (χ1n) is 8.00. The van der Waals surface area contributed by atoms with E-state index in [1.807, 2.05) is 63.2 Å². The molecule has 132 valence electrons. The van der Waals surface area contributed by atoms with Crippen LogP contribution in [0.25, 0.3) is 10.8 Å². The molecule has 0 aliphatic rings. The Balaban J connectivity index is 0.00000288. The lowest BCUT2D eigenvalue weighted by atomic mass is 10.0. The molecule has 2 rings (SSSR count). The van der Waals surface area contributed by atoms with Crippen LogP contribution >= 0.6 is 12.4 Å². The van der Waals surface area contributed by atoms with Crippen LogP contribution in [0.1, 0.15) is 27.7 Å². The minimum Gasteiger partial charge on any atom is -0.486 e. The molecule has 2 aromatic carbocycles. The molecule has 0 spiro atoms. The fraction of sp³-hybridized carbons (Fsp3) is 0.421. The minimum atomic E-state index is -0.636. The van der Waals surface area contributed by atoms with E-state index in [0.717, 1.165) is 16.5 Å². The molecule has 0 saturated carbocycles. The van der Waals surface area contributed by atoms with Crippen molar-refractivity contribution < 1.29 is 14.3 Å². The summed E-state index contributed by atoms with van der Waals surface area (Å²) in [6.07, 6.45) is -0.629. The van der Waals surface area contributed by atoms with E-state index in [4.69, 9.17) is 15.2 Å². The fourth-order valence-corrected chi connectivity index (χ4v) is 2.58. The van der Waals surface area contributed by atoms with Gasteiger partial charge in [0, 0.05) is 5.39 Å². The lowest BCUT2D eigenvalue weighted by Gasteiger charge is -2.29. The molecule has 0 aliphatic carbocycles. The molecule has 0 heterocycles. The van der Waals surface area contributed by atoms with Crippen molar-refractivity contribution in [3.63, 3.8) is 0 Å². The van der Waals surface area contributed by atoms with Crippen LogP contribution in [0.4, 0.5) is 0 Å². The maximum absolute atomic E-state index is 11.7. The molecule has 4 nitrogen and oxygen atoms in total. The largest absolute Gasteiger partial charge is 0.486 e. The molecule has 0 bridgehead atoms. The summed E-state index contributed by atoms with van der Waals surface area (Å²) in [6, 6.07) is 13.4. The molecule has 24 heavy (non-hydrogen) atoms. The van der Waals surface area contributed by atoms with Crippen LogP contribution in [0.15, 0.2) is 42.5 Å². The van der Waals surface area contributed by atoms with Crippen molar-refractivity contribution in [2.75, 3.05) is 0 Å². The van der Waals surface area contributed by atoms with Crippen LogP contribution in [0.2, 0.25) is 0 Å². The fourth-order valence-electron chi connectivity index (χ4n) is 2.58. The highest BCUT2D eigenvalue weighted by Crippen LogP contribution is 2.28. The minimum absolute atomic E-state index is 0. The van der Waals surface area contributed by atoms with E-state index in [1.165, 1.54) is 0 Å². The topological polar surface area (TPSA) is 61.5 Å². The van der Waals surface area contributed by atoms with E-state index in [2.05, 4.69) is 0 Å². The summed E-state index contributed by atoms with van der Waals surface area (Å²) in [4.78, 5) is 11.7. The summed E-state index contributed by atoms with van der Waals surface area (Å²) >= 11 is 0. The third kappa shape index (κ3) is 4.86. The van der Waals surface area contributed by atoms with Crippen molar-refractivity contribution in [2.45, 2.75) is 45.9 Å². The standard InChI is InChI=1S/C19H25NO3.ClH/c1-12(2)18(14(4)22-19(21)13(3)20)23-17-11-7-9-15-8-5-6-10-16(15)17;/h5-14,18H,20H2,1-4H3;1H/t13-,14-,18-;/m0./s1. The van der Waals surface area contributed by atoms with Gasteiger partial charge in [0.1, 0.15) is 24.0 Å². The maximum Gasteiger partial charge on any atom is 0.323 e. The van der Waals surface area contributed by atoms with E-state index >= 15 is 0 Å². The van der Waals surface area contributed by atoms with Gasteiger partial charge in [-0.15, -0.1) is 12.4 Å². The Hall–Kier alpha value is -1.78. The van der Waals surface area contributed by atoms with Crippen LogP contribution in [-0.4, -0.2) is 24.2 Å². The van der Waals surface area contributed by atoms with E-state index in [9.17, 15) is 4.79 Å². The average molecular weight is 352 g/mol. The van der Waals surface area contributed by atoms with Gasteiger partial charge in [-0.3, -0.25) is 4.79 Å². The second-order valence-electron chi connectivity index (χ2n) is 6.23. The highest BCUT2D eigenvalue weighted by Gasteiger charge is 2.27. The number of halogens is 1. The highest BCUT2D eigenvalue weighted by molar-refractivity contribution is 5.88. The van der Waals surface area contributed by atoms with E-state index < -0.39 is 12.0 Å². The molecule has 0 radical (unpaired) electrons. The monoisotopic (exact) mass is 351 g/mol. The van der Waals surface area contributed by atoms with Gasteiger partial charge in [-0.1, -0.05) is 50.2 Å². The number of nitrogens with two attached hydrogens (primary N) is 1. The molecule has 0 amide bonds. The van der Waals surface area contributed by atoms with Crippen molar-refractivity contribution in [1.82, 2.24) is 0 Å². The summed E-state index contributed by atoms with van der Waals surface area (Å²) in [5.41, 5.74) is 5.57. The molecule has 2 N–H and O–H groups in total. The number of hydrogen-bond donors (Lipinski definition) is 1. The van der Waals surface area contributed by atoms with Crippen LogP contribution in [0.3, 0.4) is 0 Å². The molecule has 0 unspecified atom stereocenters. The molecule has 0 aliphatic heterocycles. The van der Waals surface area contributed by atoms with Gasteiger partial charge in [-0.25, -0.2) is 0 Å². The van der Waals surface area contributed by atoms with Crippen LogP contribution in [0, 0.1) is 5.92 Å². The number of carbonyl (C=O) groups is 1. The first-order chi connectivity index (χ1) is 10.9. The van der Waals surface area contributed by atoms with Crippen LogP contribution in [0.5, 0.6) is 5.75 Å². The van der Waals surface area contributed by atoms with E-state index in [-0.39, 0.29) is 30.5 Å². The SMILES string of the molecule is CC(C)[C@H](Oc1cccc2ccccc12)[C@H](C)OC(=O)[C@H](C)N.Cl. The number of ether oxygens (including phenoxy) is 2. The number of benzene rings is 2. The average Bonchev–Trinajstić information content (AvgIpc) is 2.52. The van der Waals surface area contributed by atoms with Crippen molar-refractivity contribution in [3.05, 3.63) is 42.5 Å². The lowest BCUT2D eigenvalue weighted by Crippen LogP contribution is -2.41. The zero-order chi connectivity index (χ0) is 17.0. The Kier molecular flexibility index (Phi) is 7.52. The summed E-state index contributed by atoms with van der Waals surface area (Å²) in [7, 11) is 0. The van der Waals surface area contributed by atoms with Crippen LogP contribution < -0.4 is 10.5 Å². The molecule has 0 aromatic heterocycles. The van der Waals surface area contributed by atoms with Gasteiger partial charge >= 0.3 is 5.97 Å². The number of rotatable bonds is 6. The van der Waals surface area contributed by atoms with Gasteiger partial charge in [0.05, 0.1) is 0 Å². The van der Waals surface area contributed by atoms with Gasteiger partial charge < -0.3 is 15.2 Å². The number of esters is 1. The Bertz CT molecular complexity index is 667. The second kappa shape index (κ2) is 8.90. The zero-order valence-electron chi connectivity index (χ0n) is 14.6. The molecule has 3 atom stereocenters. The molecule has 0 saturated heterocycles. The Labute approximate surface area is 149 Å². The van der Waals surface area contributed by atoms with Gasteiger partial charge in [0.15, 0.2) is 0 Å². The maximum atomic E-state index is 11.7. The Morgan fingerprint density at radius 3 is 2.25 bits per heavy atom. The Morgan fingerprint density at radius 2 is 1.62 bits per heavy atom. The lowest BCUT2D eigenvalue weighted by molar-refractivity contribution is -0.155. The highest BCUT2D eigenvalue weighted by atomic mass is 35.5. The first-order valence-corrected chi connectivity index (χ1v) is 8.00. The zero-order valence-corrected chi connectivity index (χ0v) is 15.4. The van der Waals surface area contributed by atoms with Gasteiger partial charge in [0.2, 0.25) is 0 Å². The van der Waals surface area contributed by atoms with E-state index in [1.54, 1.807) is 6.92 Å². The van der Waals surface area contributed by atoms with Gasteiger partial charge in [-0.05, 0) is 31.2 Å². The normalized spacial score (nSPS) is 14.6. The predicted octanol–water partition coefficient (Wildman–Crippen LogP) is 3.94. The number of fused-ring (bicyclic) bond motifs is 1. The number of hydrogen-bond acceptors (Lipinski definition) is 4. The molecule has 2 aromatic rings. The summed E-state index contributed by atoms with van der Waals surface area (Å²) in [6.45, 7) is 7.55. The molecular weight excluding hydrogens is 326 g/mol. The van der Waals surface area contributed by atoms with Gasteiger partial charge in [-0.2, -0.15) is 0 Å². The Morgan fingerprint density at radius 1 is 1.00 bits per heavy atom. The second-order valence-corrected chi connectivity index (χ2v) is 6.23. The molecule has 0 fully saturated rings. The van der Waals surface area contributed by atoms with Crippen LogP contribution in [-0.2, 0) is 9.53 Å². The summed E-state index contributed by atoms with van der Waals surface area (Å²) in [5.74, 6) is 0.569. The third-order valence-corrected chi connectivity index (χ3v) is 3.81. The van der Waals surface area contributed by atoms with Crippen molar-refractivity contribution >= 4 is 29.1 Å². The quantitative estimate of drug-likeness (QED) is 0.800. The molecular formula is C19H26ClNO3. The number of carbonyl (C=O) groups excluding carboxylic acids is 1. The predicted molar refractivity (Wildman–Crippen MR) is 99.7 cm³/mol. The van der Waals surface area contributed by atoms with Gasteiger partial charge in [0.25, 0.3) is 0 Å². The third-order valence-electron chi connectivity index (χ3n) is 3.81. The van der Waals surface area contributed by atoms with Crippen molar-refractivity contribution in [1.29, 1.82) is 0 Å². The van der Waals surface area contributed by atoms with Crippen molar-refractivity contribution in [2.24, 2.45) is 11.7 Å². The van der Waals surface area contributed by atoms with E-state index in [0.29, 0.717) is 0 Å². The molecule has 5 heteroatoms. The van der Waals surface area contributed by atoms with Crippen molar-refractivity contribution in [3.8, 4) is 5.75 Å². The summed E-state index contributed by atoms with van der Waals surface area (Å²) in [5, 5.41) is 2.17. The summed E-state index contributed by atoms with van der Waals surface area (Å²) < 4.78 is 11.6. The smallest absolute Gasteiger partial charge is 0.323 e. The first kappa shape index (κ1) is 20.3.